The van der Waals surface area contributed by atoms with E-state index in [4.69, 9.17) is 4.74 Å². The lowest BCUT2D eigenvalue weighted by atomic mass is 10.0. The van der Waals surface area contributed by atoms with E-state index >= 15 is 0 Å². The molecule has 1 amide bonds. The van der Waals surface area contributed by atoms with Crippen molar-refractivity contribution in [1.29, 1.82) is 0 Å². The molecule has 0 aromatic heterocycles. The van der Waals surface area contributed by atoms with Gasteiger partial charge < -0.3 is 19.7 Å². The second kappa shape index (κ2) is 7.51. The molecule has 0 spiro atoms. The number of hydrogen-bond acceptors (Lipinski definition) is 4. The Morgan fingerprint density at radius 3 is 2.60 bits per heavy atom. The van der Waals surface area contributed by atoms with Crippen molar-refractivity contribution < 1.29 is 27.4 Å². The van der Waals surface area contributed by atoms with E-state index in [0.717, 1.165) is 0 Å². The SMILES string of the molecule is CC(C)(C)OC(=O)N1CCNC(Cc2ccccc2OC(F)(F)F)C1. The van der Waals surface area contributed by atoms with Crippen LogP contribution in [0.25, 0.3) is 0 Å². The first-order valence-corrected chi connectivity index (χ1v) is 8.08. The van der Waals surface area contributed by atoms with Gasteiger partial charge >= 0.3 is 12.5 Å². The van der Waals surface area contributed by atoms with E-state index in [9.17, 15) is 18.0 Å². The van der Waals surface area contributed by atoms with E-state index in [2.05, 4.69) is 10.1 Å². The Balaban J connectivity index is 2.02. The summed E-state index contributed by atoms with van der Waals surface area (Å²) in [7, 11) is 0. The molecule has 1 fully saturated rings. The number of carbonyl (C=O) groups is 1. The van der Waals surface area contributed by atoms with Crippen LogP contribution in [0.2, 0.25) is 0 Å². The Morgan fingerprint density at radius 1 is 1.28 bits per heavy atom. The third-order valence-electron chi connectivity index (χ3n) is 3.57. The predicted octanol–water partition coefficient (Wildman–Crippen LogP) is 3.34. The van der Waals surface area contributed by atoms with Crippen LogP contribution in [-0.4, -0.2) is 48.6 Å². The molecule has 2 rings (SSSR count). The molecule has 1 atom stereocenters. The molecule has 1 aliphatic heterocycles. The molecule has 5 nitrogen and oxygen atoms in total. The zero-order chi connectivity index (χ0) is 18.7. The van der Waals surface area contributed by atoms with Gasteiger partial charge in [-0.1, -0.05) is 18.2 Å². The number of hydrogen-bond donors (Lipinski definition) is 1. The number of nitrogens with zero attached hydrogens (tertiary/aromatic N) is 1. The smallest absolute Gasteiger partial charge is 0.444 e. The van der Waals surface area contributed by atoms with Gasteiger partial charge in [0.25, 0.3) is 0 Å². The van der Waals surface area contributed by atoms with Crippen LogP contribution in [0.5, 0.6) is 5.75 Å². The highest BCUT2D eigenvalue weighted by atomic mass is 19.4. The zero-order valence-corrected chi connectivity index (χ0v) is 14.5. The van der Waals surface area contributed by atoms with Crippen LogP contribution in [0.4, 0.5) is 18.0 Å². The molecule has 0 bridgehead atoms. The van der Waals surface area contributed by atoms with Crippen LogP contribution in [0.15, 0.2) is 24.3 Å². The third kappa shape index (κ3) is 6.45. The predicted molar refractivity (Wildman–Crippen MR) is 86.4 cm³/mol. The number of piperazine rings is 1. The third-order valence-corrected chi connectivity index (χ3v) is 3.57. The highest BCUT2D eigenvalue weighted by Crippen LogP contribution is 2.27. The molecule has 1 N–H and O–H groups in total. The minimum atomic E-state index is -4.74. The summed E-state index contributed by atoms with van der Waals surface area (Å²) in [6.45, 7) is 6.76. The van der Waals surface area contributed by atoms with Crippen molar-refractivity contribution in [3.63, 3.8) is 0 Å². The molecule has 0 saturated carbocycles. The van der Waals surface area contributed by atoms with E-state index in [0.29, 0.717) is 31.6 Å². The number of amides is 1. The fraction of sp³-hybridized carbons (Fsp3) is 0.588. The van der Waals surface area contributed by atoms with Crippen molar-refractivity contribution in [2.24, 2.45) is 0 Å². The Kier molecular flexibility index (Phi) is 5.82. The van der Waals surface area contributed by atoms with Crippen LogP contribution in [0.1, 0.15) is 26.3 Å². The molecule has 1 aliphatic rings. The van der Waals surface area contributed by atoms with Crippen LogP contribution in [0.3, 0.4) is 0 Å². The van der Waals surface area contributed by atoms with Gasteiger partial charge in [-0.15, -0.1) is 13.2 Å². The monoisotopic (exact) mass is 360 g/mol. The Bertz CT molecular complexity index is 600. The summed E-state index contributed by atoms with van der Waals surface area (Å²) in [5.74, 6) is -0.216. The summed E-state index contributed by atoms with van der Waals surface area (Å²) in [5.41, 5.74) is -0.159. The maximum Gasteiger partial charge on any atom is 0.573 e. The van der Waals surface area contributed by atoms with E-state index in [1.807, 2.05) is 0 Å². The molecule has 140 valence electrons. The lowest BCUT2D eigenvalue weighted by Gasteiger charge is -2.35. The van der Waals surface area contributed by atoms with E-state index in [1.165, 1.54) is 12.1 Å². The largest absolute Gasteiger partial charge is 0.573 e. The zero-order valence-electron chi connectivity index (χ0n) is 14.5. The van der Waals surface area contributed by atoms with Gasteiger partial charge in [0.1, 0.15) is 11.4 Å². The van der Waals surface area contributed by atoms with Gasteiger partial charge in [0.15, 0.2) is 0 Å². The molecular weight excluding hydrogens is 337 g/mol. The minimum absolute atomic E-state index is 0.181. The molecule has 1 unspecified atom stereocenters. The molecule has 25 heavy (non-hydrogen) atoms. The van der Waals surface area contributed by atoms with E-state index < -0.39 is 18.1 Å². The number of alkyl halides is 3. The van der Waals surface area contributed by atoms with Crippen LogP contribution >= 0.6 is 0 Å². The number of rotatable bonds is 3. The summed E-state index contributed by atoms with van der Waals surface area (Å²) >= 11 is 0. The maximum absolute atomic E-state index is 12.5. The van der Waals surface area contributed by atoms with Crippen LogP contribution in [-0.2, 0) is 11.2 Å². The number of carbonyl (C=O) groups excluding carboxylic acids is 1. The van der Waals surface area contributed by atoms with Crippen molar-refractivity contribution >= 4 is 6.09 Å². The summed E-state index contributed by atoms with van der Waals surface area (Å²) < 4.78 is 47.0. The second-order valence-electron chi connectivity index (χ2n) is 6.94. The van der Waals surface area contributed by atoms with Gasteiger partial charge in [-0.25, -0.2) is 4.79 Å². The fourth-order valence-corrected chi connectivity index (χ4v) is 2.62. The molecule has 1 heterocycles. The average molecular weight is 360 g/mol. The second-order valence-corrected chi connectivity index (χ2v) is 6.94. The van der Waals surface area contributed by atoms with Crippen molar-refractivity contribution in [3.05, 3.63) is 29.8 Å². The molecule has 0 aliphatic carbocycles. The first-order valence-electron chi connectivity index (χ1n) is 8.08. The van der Waals surface area contributed by atoms with Crippen molar-refractivity contribution in [3.8, 4) is 5.75 Å². The number of benzene rings is 1. The summed E-state index contributed by atoms with van der Waals surface area (Å²) in [5, 5.41) is 3.22. The molecule has 8 heteroatoms. The highest BCUT2D eigenvalue weighted by molar-refractivity contribution is 5.68. The molecule has 1 aromatic carbocycles. The number of para-hydroxylation sites is 1. The average Bonchev–Trinajstić information content (AvgIpc) is 2.46. The Hall–Kier alpha value is -1.96. The van der Waals surface area contributed by atoms with E-state index in [1.54, 1.807) is 37.8 Å². The molecule has 1 saturated heterocycles. The standard InChI is InChI=1S/C17H23F3N2O3/c1-16(2,3)25-15(23)22-9-8-21-13(11-22)10-12-6-4-5-7-14(12)24-17(18,19)20/h4-7,13,21H,8-11H2,1-3H3. The van der Waals surface area contributed by atoms with Crippen LogP contribution in [0, 0.1) is 0 Å². The summed E-state index contributed by atoms with van der Waals surface area (Å²) in [6, 6.07) is 5.85. The van der Waals surface area contributed by atoms with E-state index in [-0.39, 0.29) is 11.8 Å². The quantitative estimate of drug-likeness (QED) is 0.898. The van der Waals surface area contributed by atoms with Gasteiger partial charge in [0, 0.05) is 25.7 Å². The molecular formula is C17H23F3N2O3. The normalized spacial score (nSPS) is 18.8. The molecule has 0 radical (unpaired) electrons. The van der Waals surface area contributed by atoms with Gasteiger partial charge in [-0.2, -0.15) is 0 Å². The highest BCUT2D eigenvalue weighted by Gasteiger charge is 2.33. The van der Waals surface area contributed by atoms with Gasteiger partial charge in [0.05, 0.1) is 0 Å². The van der Waals surface area contributed by atoms with Crippen molar-refractivity contribution in [2.45, 2.75) is 45.2 Å². The maximum atomic E-state index is 12.5. The molecule has 1 aromatic rings. The van der Waals surface area contributed by atoms with Crippen LogP contribution < -0.4 is 10.1 Å². The topological polar surface area (TPSA) is 50.8 Å². The first kappa shape index (κ1) is 19.4. The van der Waals surface area contributed by atoms with Gasteiger partial charge in [0.2, 0.25) is 0 Å². The number of nitrogens with one attached hydrogen (secondary N) is 1. The van der Waals surface area contributed by atoms with Gasteiger partial charge in [-0.05, 0) is 38.8 Å². The summed E-state index contributed by atoms with van der Waals surface area (Å²) in [6.07, 6.45) is -4.84. The van der Waals surface area contributed by atoms with Crippen molar-refractivity contribution in [2.75, 3.05) is 19.6 Å². The first-order chi connectivity index (χ1) is 11.5. The minimum Gasteiger partial charge on any atom is -0.444 e. The number of ether oxygens (including phenoxy) is 2. The lowest BCUT2D eigenvalue weighted by molar-refractivity contribution is -0.274. The Morgan fingerprint density at radius 2 is 1.96 bits per heavy atom. The lowest BCUT2D eigenvalue weighted by Crippen LogP contribution is -2.54. The fourth-order valence-electron chi connectivity index (χ4n) is 2.62. The van der Waals surface area contributed by atoms with Gasteiger partial charge in [-0.3, -0.25) is 0 Å². The van der Waals surface area contributed by atoms with Crippen molar-refractivity contribution in [1.82, 2.24) is 10.2 Å². The number of halogens is 3. The summed E-state index contributed by atoms with van der Waals surface area (Å²) in [4.78, 5) is 13.7. The Labute approximate surface area is 145 Å².